The van der Waals surface area contributed by atoms with Crippen LogP contribution in [0.5, 0.6) is 5.75 Å². The van der Waals surface area contributed by atoms with E-state index in [0.29, 0.717) is 38.9 Å². The highest BCUT2D eigenvalue weighted by atomic mass is 35.5. The van der Waals surface area contributed by atoms with Gasteiger partial charge in [0.05, 0.1) is 33.8 Å². The topological polar surface area (TPSA) is 51.5 Å². The highest BCUT2D eigenvalue weighted by Crippen LogP contribution is 2.42. The molecule has 4 nitrogen and oxygen atoms in total. The first kappa shape index (κ1) is 17.6. The molecule has 1 fully saturated rings. The SMILES string of the molecule is CCCCOc1c(C(C)O)n(C2CC2)c(=O)c2cc(Cl)c(Cl)cc12. The van der Waals surface area contributed by atoms with Gasteiger partial charge in [-0.15, -0.1) is 0 Å². The van der Waals surface area contributed by atoms with Crippen molar-refractivity contribution in [3.05, 3.63) is 38.2 Å². The number of hydrogen-bond donors (Lipinski definition) is 1. The smallest absolute Gasteiger partial charge is 0.259 e. The standard InChI is InChI=1S/C18H21Cl2NO3/c1-3-4-7-24-17-12-8-14(19)15(20)9-13(12)18(23)21(11-5-6-11)16(17)10(2)22/h8-11,22H,3-7H2,1-2H3. The van der Waals surface area contributed by atoms with E-state index in [1.54, 1.807) is 23.6 Å². The van der Waals surface area contributed by atoms with Crippen LogP contribution in [0.2, 0.25) is 10.0 Å². The van der Waals surface area contributed by atoms with Crippen LogP contribution in [-0.4, -0.2) is 16.3 Å². The van der Waals surface area contributed by atoms with Crippen LogP contribution in [0.1, 0.15) is 57.4 Å². The molecule has 1 unspecified atom stereocenters. The van der Waals surface area contributed by atoms with Gasteiger partial charge in [-0.05, 0) is 38.3 Å². The minimum atomic E-state index is -0.811. The normalized spacial score (nSPS) is 15.7. The number of nitrogens with zero attached hydrogens (tertiary/aromatic N) is 1. The Morgan fingerprint density at radius 1 is 1.29 bits per heavy atom. The van der Waals surface area contributed by atoms with Crippen molar-refractivity contribution in [2.24, 2.45) is 0 Å². The Labute approximate surface area is 150 Å². The van der Waals surface area contributed by atoms with Crippen molar-refractivity contribution in [3.63, 3.8) is 0 Å². The van der Waals surface area contributed by atoms with Crippen LogP contribution in [0.15, 0.2) is 16.9 Å². The summed E-state index contributed by atoms with van der Waals surface area (Å²) in [5, 5.41) is 12.1. The van der Waals surface area contributed by atoms with E-state index in [2.05, 4.69) is 6.92 Å². The first-order chi connectivity index (χ1) is 11.5. The molecule has 130 valence electrons. The van der Waals surface area contributed by atoms with Crippen LogP contribution in [0.4, 0.5) is 0 Å². The number of aliphatic hydroxyl groups excluding tert-OH is 1. The first-order valence-electron chi connectivity index (χ1n) is 8.33. The Morgan fingerprint density at radius 3 is 2.46 bits per heavy atom. The molecule has 1 aliphatic carbocycles. The predicted molar refractivity (Wildman–Crippen MR) is 97.5 cm³/mol. The van der Waals surface area contributed by atoms with Gasteiger partial charge in [-0.25, -0.2) is 0 Å². The number of aliphatic hydroxyl groups is 1. The summed E-state index contributed by atoms with van der Waals surface area (Å²) < 4.78 is 7.68. The van der Waals surface area contributed by atoms with Gasteiger partial charge in [0.25, 0.3) is 5.56 Å². The van der Waals surface area contributed by atoms with Crippen LogP contribution in [0, 0.1) is 0 Å². The van der Waals surface area contributed by atoms with Crippen molar-refractivity contribution in [1.82, 2.24) is 4.57 Å². The van der Waals surface area contributed by atoms with Crippen LogP contribution in [0.25, 0.3) is 10.8 Å². The second-order valence-electron chi connectivity index (χ2n) is 6.31. The van der Waals surface area contributed by atoms with Crippen molar-refractivity contribution in [2.45, 2.75) is 51.7 Å². The molecule has 0 radical (unpaired) electrons. The summed E-state index contributed by atoms with van der Waals surface area (Å²) in [6.07, 6.45) is 2.94. The average molecular weight is 370 g/mol. The van der Waals surface area contributed by atoms with Gasteiger partial charge in [-0.1, -0.05) is 36.5 Å². The maximum absolute atomic E-state index is 13.0. The second kappa shape index (κ2) is 6.95. The molecule has 1 aromatic carbocycles. The fraction of sp³-hybridized carbons (Fsp3) is 0.500. The van der Waals surface area contributed by atoms with E-state index < -0.39 is 6.10 Å². The van der Waals surface area contributed by atoms with Crippen molar-refractivity contribution >= 4 is 34.0 Å². The number of hydrogen-bond acceptors (Lipinski definition) is 3. The molecule has 6 heteroatoms. The lowest BCUT2D eigenvalue weighted by atomic mass is 10.1. The lowest BCUT2D eigenvalue weighted by Gasteiger charge is -2.22. The van der Waals surface area contributed by atoms with E-state index >= 15 is 0 Å². The predicted octanol–water partition coefficient (Wildman–Crippen LogP) is 4.88. The molecule has 1 N–H and O–H groups in total. The number of halogens is 2. The summed E-state index contributed by atoms with van der Waals surface area (Å²) in [5.41, 5.74) is 0.384. The average Bonchev–Trinajstić information content (AvgIpc) is 3.35. The largest absolute Gasteiger partial charge is 0.491 e. The zero-order valence-electron chi connectivity index (χ0n) is 13.8. The first-order valence-corrected chi connectivity index (χ1v) is 9.09. The van der Waals surface area contributed by atoms with Crippen LogP contribution < -0.4 is 10.3 Å². The molecule has 0 spiro atoms. The van der Waals surface area contributed by atoms with E-state index in [-0.39, 0.29) is 11.6 Å². The van der Waals surface area contributed by atoms with Crippen LogP contribution in [-0.2, 0) is 0 Å². The van der Waals surface area contributed by atoms with E-state index in [4.69, 9.17) is 27.9 Å². The fourth-order valence-corrected chi connectivity index (χ4v) is 3.28. The molecule has 0 bridgehead atoms. The molecule has 2 aromatic rings. The molecule has 3 rings (SSSR count). The van der Waals surface area contributed by atoms with Crippen molar-refractivity contribution in [1.29, 1.82) is 0 Å². The fourth-order valence-electron chi connectivity index (χ4n) is 2.95. The van der Waals surface area contributed by atoms with Gasteiger partial charge < -0.3 is 14.4 Å². The summed E-state index contributed by atoms with van der Waals surface area (Å²) in [5.74, 6) is 0.540. The molecular formula is C18H21Cl2NO3. The highest BCUT2D eigenvalue weighted by molar-refractivity contribution is 6.42. The van der Waals surface area contributed by atoms with Gasteiger partial charge in [-0.2, -0.15) is 0 Å². The van der Waals surface area contributed by atoms with Gasteiger partial charge in [0.1, 0.15) is 5.75 Å². The third-order valence-corrected chi connectivity index (χ3v) is 5.02. The molecule has 0 saturated heterocycles. The number of ether oxygens (including phenoxy) is 1. The third kappa shape index (κ3) is 3.15. The zero-order valence-corrected chi connectivity index (χ0v) is 15.3. The molecule has 1 heterocycles. The Kier molecular flexibility index (Phi) is 5.09. The summed E-state index contributed by atoms with van der Waals surface area (Å²) in [6.45, 7) is 4.26. The van der Waals surface area contributed by atoms with Gasteiger partial charge in [0.15, 0.2) is 0 Å². The Bertz CT molecular complexity index is 825. The quantitative estimate of drug-likeness (QED) is 0.738. The number of aromatic nitrogens is 1. The van der Waals surface area contributed by atoms with E-state index in [0.717, 1.165) is 25.7 Å². The second-order valence-corrected chi connectivity index (χ2v) is 7.12. The molecule has 24 heavy (non-hydrogen) atoms. The van der Waals surface area contributed by atoms with Crippen molar-refractivity contribution in [2.75, 3.05) is 6.61 Å². The summed E-state index contributed by atoms with van der Waals surface area (Å²) in [4.78, 5) is 13.0. The highest BCUT2D eigenvalue weighted by Gasteiger charge is 2.32. The molecule has 1 aliphatic rings. The van der Waals surface area contributed by atoms with E-state index in [1.807, 2.05) is 0 Å². The molecular weight excluding hydrogens is 349 g/mol. The Morgan fingerprint density at radius 2 is 1.92 bits per heavy atom. The maximum atomic E-state index is 13.0. The van der Waals surface area contributed by atoms with Gasteiger partial charge >= 0.3 is 0 Å². The third-order valence-electron chi connectivity index (χ3n) is 4.30. The zero-order chi connectivity index (χ0) is 17.4. The van der Waals surface area contributed by atoms with Crippen molar-refractivity contribution < 1.29 is 9.84 Å². The molecule has 1 saturated carbocycles. The number of rotatable bonds is 6. The van der Waals surface area contributed by atoms with Gasteiger partial charge in [0.2, 0.25) is 0 Å². The molecule has 1 atom stereocenters. The molecule has 0 aliphatic heterocycles. The van der Waals surface area contributed by atoms with Crippen LogP contribution in [0.3, 0.4) is 0 Å². The molecule has 1 aromatic heterocycles. The summed E-state index contributed by atoms with van der Waals surface area (Å²) in [6, 6.07) is 3.37. The summed E-state index contributed by atoms with van der Waals surface area (Å²) >= 11 is 12.3. The van der Waals surface area contributed by atoms with E-state index in [1.165, 1.54) is 0 Å². The lowest BCUT2D eigenvalue weighted by Crippen LogP contribution is -2.25. The maximum Gasteiger partial charge on any atom is 0.259 e. The summed E-state index contributed by atoms with van der Waals surface area (Å²) in [7, 11) is 0. The van der Waals surface area contributed by atoms with Crippen LogP contribution >= 0.6 is 23.2 Å². The minimum absolute atomic E-state index is 0.120. The Balaban J connectivity index is 2.32. The van der Waals surface area contributed by atoms with Gasteiger partial charge in [-0.3, -0.25) is 4.79 Å². The number of pyridine rings is 1. The van der Waals surface area contributed by atoms with Crippen molar-refractivity contribution in [3.8, 4) is 5.75 Å². The lowest BCUT2D eigenvalue weighted by molar-refractivity contribution is 0.178. The Hall–Kier alpha value is -1.23. The minimum Gasteiger partial charge on any atom is -0.491 e. The van der Waals surface area contributed by atoms with Gasteiger partial charge in [0, 0.05) is 11.4 Å². The van der Waals surface area contributed by atoms with E-state index in [9.17, 15) is 9.90 Å². The number of benzene rings is 1. The monoisotopic (exact) mass is 369 g/mol. The number of unbranched alkanes of at least 4 members (excludes halogenated alkanes) is 1. The molecule has 0 amide bonds. The number of fused-ring (bicyclic) bond motifs is 1.